The second-order valence-corrected chi connectivity index (χ2v) is 4.35. The fourth-order valence-electron chi connectivity index (χ4n) is 1.28. The summed E-state index contributed by atoms with van der Waals surface area (Å²) in [5.74, 6) is 0.467. The molecule has 0 aliphatic rings. The molecule has 0 aliphatic heterocycles. The van der Waals surface area contributed by atoms with Crippen molar-refractivity contribution in [2.45, 2.75) is 46.3 Å². The lowest BCUT2D eigenvalue weighted by atomic mass is 10.0. The average molecular weight is 216 g/mol. The zero-order chi connectivity index (χ0) is 12.0. The van der Waals surface area contributed by atoms with E-state index in [0.717, 1.165) is 6.42 Å². The molecule has 0 saturated carbocycles. The lowest BCUT2D eigenvalue weighted by Crippen LogP contribution is -2.46. The molecule has 0 spiro atoms. The molecule has 0 bridgehead atoms. The normalized spacial score (nSPS) is 16.7. The summed E-state index contributed by atoms with van der Waals surface area (Å²) in [7, 11) is 1.69. The van der Waals surface area contributed by atoms with E-state index in [1.165, 1.54) is 4.90 Å². The predicted octanol–water partition coefficient (Wildman–Crippen LogP) is 1.44. The van der Waals surface area contributed by atoms with Crippen LogP contribution in [0.1, 0.15) is 34.1 Å². The van der Waals surface area contributed by atoms with Gasteiger partial charge in [-0.25, -0.2) is 4.79 Å². The van der Waals surface area contributed by atoms with Crippen LogP contribution < -0.4 is 5.32 Å². The van der Waals surface area contributed by atoms with Crippen LogP contribution in [0.4, 0.5) is 4.79 Å². The number of hydrogen-bond acceptors (Lipinski definition) is 2. The van der Waals surface area contributed by atoms with E-state index in [9.17, 15) is 4.79 Å². The number of nitrogens with one attached hydrogen (secondary N) is 1. The third-order valence-electron chi connectivity index (χ3n) is 2.73. The maximum absolute atomic E-state index is 11.6. The number of aliphatic hydroxyl groups excluding tert-OH is 1. The Hall–Kier alpha value is -0.770. The van der Waals surface area contributed by atoms with E-state index in [1.807, 2.05) is 6.92 Å². The number of carbonyl (C=O) groups excluding carboxylic acids is 1. The number of carbonyl (C=O) groups is 1. The van der Waals surface area contributed by atoms with Crippen molar-refractivity contribution in [3.63, 3.8) is 0 Å². The summed E-state index contributed by atoms with van der Waals surface area (Å²) >= 11 is 0. The molecular weight excluding hydrogens is 192 g/mol. The quantitative estimate of drug-likeness (QED) is 0.730. The van der Waals surface area contributed by atoms with Crippen molar-refractivity contribution in [3.8, 4) is 0 Å². The highest BCUT2D eigenvalue weighted by Gasteiger charge is 2.16. The highest BCUT2D eigenvalue weighted by Crippen LogP contribution is 2.06. The molecule has 4 heteroatoms. The Morgan fingerprint density at radius 1 is 1.40 bits per heavy atom. The zero-order valence-corrected chi connectivity index (χ0v) is 10.4. The number of amides is 2. The molecule has 2 N–H and O–H groups in total. The Labute approximate surface area is 92.7 Å². The second kappa shape index (κ2) is 6.67. The minimum absolute atomic E-state index is 0.122. The van der Waals surface area contributed by atoms with Gasteiger partial charge in [0.1, 0.15) is 0 Å². The molecule has 0 heterocycles. The highest BCUT2D eigenvalue weighted by atomic mass is 16.3. The third-order valence-corrected chi connectivity index (χ3v) is 2.73. The van der Waals surface area contributed by atoms with Crippen LogP contribution in [-0.2, 0) is 0 Å². The Balaban J connectivity index is 4.01. The Morgan fingerprint density at radius 2 is 1.93 bits per heavy atom. The average Bonchev–Trinajstić information content (AvgIpc) is 2.15. The molecule has 3 atom stereocenters. The van der Waals surface area contributed by atoms with Crippen molar-refractivity contribution < 1.29 is 9.90 Å². The van der Waals surface area contributed by atoms with E-state index in [0.29, 0.717) is 12.5 Å². The molecule has 0 rings (SSSR count). The zero-order valence-electron chi connectivity index (χ0n) is 10.4. The van der Waals surface area contributed by atoms with Crippen LogP contribution in [0.3, 0.4) is 0 Å². The van der Waals surface area contributed by atoms with Gasteiger partial charge in [0.05, 0.1) is 6.10 Å². The number of rotatable bonds is 5. The van der Waals surface area contributed by atoms with Gasteiger partial charge >= 0.3 is 6.03 Å². The molecule has 0 aromatic rings. The fraction of sp³-hybridized carbons (Fsp3) is 0.909. The summed E-state index contributed by atoms with van der Waals surface area (Å²) in [5, 5.41) is 12.1. The second-order valence-electron chi connectivity index (χ2n) is 4.35. The van der Waals surface area contributed by atoms with Gasteiger partial charge < -0.3 is 15.3 Å². The molecule has 0 saturated heterocycles. The SMILES string of the molecule is CCC(C)C(C)NC(=O)N(C)CC(C)O. The van der Waals surface area contributed by atoms with Gasteiger partial charge in [-0.15, -0.1) is 0 Å². The summed E-state index contributed by atoms with van der Waals surface area (Å²) in [6.07, 6.45) is 0.557. The first kappa shape index (κ1) is 14.2. The predicted molar refractivity (Wildman–Crippen MR) is 61.8 cm³/mol. The minimum atomic E-state index is -0.486. The molecule has 0 aliphatic carbocycles. The van der Waals surface area contributed by atoms with Gasteiger partial charge in [-0.3, -0.25) is 0 Å². The van der Waals surface area contributed by atoms with E-state index in [4.69, 9.17) is 5.11 Å². The van der Waals surface area contributed by atoms with E-state index in [-0.39, 0.29) is 12.1 Å². The smallest absolute Gasteiger partial charge is 0.317 e. The lowest BCUT2D eigenvalue weighted by Gasteiger charge is -2.25. The summed E-state index contributed by atoms with van der Waals surface area (Å²) in [6.45, 7) is 8.25. The van der Waals surface area contributed by atoms with Crippen molar-refractivity contribution in [1.29, 1.82) is 0 Å². The van der Waals surface area contributed by atoms with Crippen molar-refractivity contribution in [2.75, 3.05) is 13.6 Å². The van der Waals surface area contributed by atoms with E-state index < -0.39 is 6.10 Å². The first-order chi connectivity index (χ1) is 6.88. The number of nitrogens with zero attached hydrogens (tertiary/aromatic N) is 1. The van der Waals surface area contributed by atoms with E-state index in [1.54, 1.807) is 14.0 Å². The topological polar surface area (TPSA) is 52.6 Å². The standard InChI is InChI=1S/C11H24N2O2/c1-6-8(2)10(4)12-11(15)13(5)7-9(3)14/h8-10,14H,6-7H2,1-5H3,(H,12,15). The maximum atomic E-state index is 11.6. The number of urea groups is 1. The maximum Gasteiger partial charge on any atom is 0.317 e. The summed E-state index contributed by atoms with van der Waals surface area (Å²) in [5.41, 5.74) is 0. The molecule has 0 aromatic carbocycles. The molecule has 0 fully saturated rings. The summed E-state index contributed by atoms with van der Waals surface area (Å²) in [4.78, 5) is 13.1. The molecule has 3 unspecified atom stereocenters. The highest BCUT2D eigenvalue weighted by molar-refractivity contribution is 5.74. The first-order valence-corrected chi connectivity index (χ1v) is 5.58. The monoisotopic (exact) mass is 216 g/mol. The number of aliphatic hydroxyl groups is 1. The van der Waals surface area contributed by atoms with E-state index in [2.05, 4.69) is 19.2 Å². The van der Waals surface area contributed by atoms with Gasteiger partial charge in [0.2, 0.25) is 0 Å². The van der Waals surface area contributed by atoms with Gasteiger partial charge in [0.25, 0.3) is 0 Å². The van der Waals surface area contributed by atoms with Crippen molar-refractivity contribution >= 4 is 6.03 Å². The van der Waals surface area contributed by atoms with Crippen LogP contribution in [-0.4, -0.2) is 41.8 Å². The van der Waals surface area contributed by atoms with Crippen LogP contribution in [0.2, 0.25) is 0 Å². The van der Waals surface area contributed by atoms with Crippen LogP contribution in [0.15, 0.2) is 0 Å². The van der Waals surface area contributed by atoms with Crippen molar-refractivity contribution in [2.24, 2.45) is 5.92 Å². The number of hydrogen-bond donors (Lipinski definition) is 2. The molecule has 0 aromatic heterocycles. The molecule has 0 radical (unpaired) electrons. The van der Waals surface area contributed by atoms with Crippen molar-refractivity contribution in [1.82, 2.24) is 10.2 Å². The Kier molecular flexibility index (Phi) is 6.32. The molecular formula is C11H24N2O2. The van der Waals surface area contributed by atoms with Gasteiger partial charge in [-0.1, -0.05) is 20.3 Å². The molecule has 2 amide bonds. The van der Waals surface area contributed by atoms with Crippen LogP contribution >= 0.6 is 0 Å². The summed E-state index contributed by atoms with van der Waals surface area (Å²) < 4.78 is 0. The molecule has 4 nitrogen and oxygen atoms in total. The summed E-state index contributed by atoms with van der Waals surface area (Å²) in [6, 6.07) is 0.0441. The largest absolute Gasteiger partial charge is 0.392 e. The van der Waals surface area contributed by atoms with Gasteiger partial charge in [0, 0.05) is 19.6 Å². The Bertz CT molecular complexity index is 195. The fourth-order valence-corrected chi connectivity index (χ4v) is 1.28. The third kappa shape index (κ3) is 5.62. The Morgan fingerprint density at radius 3 is 2.33 bits per heavy atom. The first-order valence-electron chi connectivity index (χ1n) is 5.58. The van der Waals surface area contributed by atoms with Crippen LogP contribution in [0.5, 0.6) is 0 Å². The molecule has 90 valence electrons. The van der Waals surface area contributed by atoms with Gasteiger partial charge in [0.15, 0.2) is 0 Å². The van der Waals surface area contributed by atoms with Gasteiger partial charge in [-0.05, 0) is 19.8 Å². The number of likely N-dealkylation sites (N-methyl/N-ethyl adjacent to an activating group) is 1. The van der Waals surface area contributed by atoms with Crippen molar-refractivity contribution in [3.05, 3.63) is 0 Å². The van der Waals surface area contributed by atoms with Gasteiger partial charge in [-0.2, -0.15) is 0 Å². The van der Waals surface area contributed by atoms with E-state index >= 15 is 0 Å². The minimum Gasteiger partial charge on any atom is -0.392 e. The van der Waals surface area contributed by atoms with Crippen LogP contribution in [0.25, 0.3) is 0 Å². The van der Waals surface area contributed by atoms with Crippen LogP contribution in [0, 0.1) is 5.92 Å². The lowest BCUT2D eigenvalue weighted by molar-refractivity contribution is 0.141. The molecule has 15 heavy (non-hydrogen) atoms.